The molecule has 0 aliphatic heterocycles. The first-order valence-electron chi connectivity index (χ1n) is 4.67. The van der Waals surface area contributed by atoms with Crippen LogP contribution in [0.1, 0.15) is 0 Å². The fourth-order valence-corrected chi connectivity index (χ4v) is 2.74. The Morgan fingerprint density at radius 2 is 1.62 bits per heavy atom. The van der Waals surface area contributed by atoms with Crippen LogP contribution in [0.2, 0.25) is 0 Å². The average Bonchev–Trinajstić information content (AvgIpc) is 2.29. The molecule has 0 fully saturated rings. The molecule has 16 heavy (non-hydrogen) atoms. The molecule has 0 aliphatic carbocycles. The number of benzene rings is 2. The molecule has 2 aromatic rings. The van der Waals surface area contributed by atoms with Gasteiger partial charge < -0.3 is 9.47 Å². The number of ether oxygens (including phenoxy) is 2. The summed E-state index contributed by atoms with van der Waals surface area (Å²) in [6.07, 6.45) is 0. The number of halogens is 2. The molecule has 84 valence electrons. The quantitative estimate of drug-likeness (QED) is 0.804. The summed E-state index contributed by atoms with van der Waals surface area (Å²) < 4.78 is 12.4. The number of fused-ring (bicyclic) bond motifs is 1. The summed E-state index contributed by atoms with van der Waals surface area (Å²) in [6.45, 7) is 0. The third-order valence-corrected chi connectivity index (χ3v) is 3.85. The van der Waals surface area contributed by atoms with Gasteiger partial charge in [0.25, 0.3) is 0 Å². The lowest BCUT2D eigenvalue weighted by molar-refractivity contribution is 0.411. The van der Waals surface area contributed by atoms with Crippen molar-refractivity contribution in [3.05, 3.63) is 33.2 Å². The molecule has 0 atom stereocenters. The molecule has 0 N–H and O–H groups in total. The lowest BCUT2D eigenvalue weighted by Crippen LogP contribution is -1.88. The highest BCUT2D eigenvalue weighted by molar-refractivity contribution is 9.11. The summed E-state index contributed by atoms with van der Waals surface area (Å²) in [7, 11) is 3.31. The van der Waals surface area contributed by atoms with Crippen LogP contribution in [-0.2, 0) is 0 Å². The van der Waals surface area contributed by atoms with E-state index in [1.807, 2.05) is 24.3 Å². The monoisotopic (exact) mass is 344 g/mol. The van der Waals surface area contributed by atoms with Crippen molar-refractivity contribution < 1.29 is 9.47 Å². The number of rotatable bonds is 2. The highest BCUT2D eigenvalue weighted by Gasteiger charge is 2.09. The van der Waals surface area contributed by atoms with Crippen molar-refractivity contribution in [1.29, 1.82) is 0 Å². The van der Waals surface area contributed by atoms with Crippen molar-refractivity contribution in [1.82, 2.24) is 0 Å². The predicted molar refractivity (Wildman–Crippen MR) is 72.5 cm³/mol. The minimum absolute atomic E-state index is 0.807. The Hall–Kier alpha value is -0.740. The van der Waals surface area contributed by atoms with E-state index in [0.717, 1.165) is 31.2 Å². The highest BCUT2D eigenvalue weighted by Crippen LogP contribution is 2.38. The van der Waals surface area contributed by atoms with Crippen molar-refractivity contribution in [2.75, 3.05) is 14.2 Å². The van der Waals surface area contributed by atoms with Gasteiger partial charge in [0.15, 0.2) is 0 Å². The standard InChI is InChI=1S/C12H10Br2O2/c1-15-10-4-3-7-5-9(13)11(16-2)6-8(7)12(10)14/h3-6H,1-2H3. The van der Waals surface area contributed by atoms with Crippen LogP contribution in [0, 0.1) is 0 Å². The first-order valence-corrected chi connectivity index (χ1v) is 6.25. The largest absolute Gasteiger partial charge is 0.496 e. The van der Waals surface area contributed by atoms with Gasteiger partial charge in [0.1, 0.15) is 11.5 Å². The minimum atomic E-state index is 0.807. The molecule has 0 radical (unpaired) electrons. The maximum atomic E-state index is 5.27. The van der Waals surface area contributed by atoms with E-state index in [0.29, 0.717) is 0 Å². The van der Waals surface area contributed by atoms with Crippen LogP contribution in [0.4, 0.5) is 0 Å². The first-order chi connectivity index (χ1) is 7.67. The van der Waals surface area contributed by atoms with Crippen molar-refractivity contribution in [2.24, 2.45) is 0 Å². The SMILES string of the molecule is COc1cc2c(Br)c(OC)ccc2cc1Br. The van der Waals surface area contributed by atoms with Crippen LogP contribution in [0.25, 0.3) is 10.8 Å². The van der Waals surface area contributed by atoms with Gasteiger partial charge >= 0.3 is 0 Å². The Bertz CT molecular complexity index is 538. The molecule has 2 rings (SSSR count). The molecule has 0 heterocycles. The molecule has 4 heteroatoms. The first kappa shape index (κ1) is 11.7. The Balaban J connectivity index is 2.77. The molecule has 0 unspecified atom stereocenters. The maximum Gasteiger partial charge on any atom is 0.133 e. The molecule has 0 aliphatic rings. The lowest BCUT2D eigenvalue weighted by atomic mass is 10.1. The third kappa shape index (κ3) is 1.92. The third-order valence-electron chi connectivity index (χ3n) is 2.41. The van der Waals surface area contributed by atoms with E-state index in [4.69, 9.17) is 9.47 Å². The smallest absolute Gasteiger partial charge is 0.133 e. The summed E-state index contributed by atoms with van der Waals surface area (Å²) in [5.41, 5.74) is 0. The Morgan fingerprint density at radius 3 is 2.25 bits per heavy atom. The maximum absolute atomic E-state index is 5.27. The zero-order valence-corrected chi connectivity index (χ0v) is 12.1. The minimum Gasteiger partial charge on any atom is -0.496 e. The molecule has 0 spiro atoms. The van der Waals surface area contributed by atoms with Gasteiger partial charge in [-0.1, -0.05) is 6.07 Å². The zero-order valence-electron chi connectivity index (χ0n) is 8.88. The second kappa shape index (κ2) is 4.63. The van der Waals surface area contributed by atoms with E-state index in [1.54, 1.807) is 14.2 Å². The number of hydrogen-bond donors (Lipinski definition) is 0. The van der Waals surface area contributed by atoms with Crippen LogP contribution in [-0.4, -0.2) is 14.2 Å². The lowest BCUT2D eigenvalue weighted by Gasteiger charge is -2.09. The van der Waals surface area contributed by atoms with E-state index in [1.165, 1.54) is 0 Å². The fourth-order valence-electron chi connectivity index (χ4n) is 1.58. The van der Waals surface area contributed by atoms with Gasteiger partial charge in [-0.3, -0.25) is 0 Å². The van der Waals surface area contributed by atoms with Crippen LogP contribution < -0.4 is 9.47 Å². The van der Waals surface area contributed by atoms with E-state index in [-0.39, 0.29) is 0 Å². The van der Waals surface area contributed by atoms with E-state index >= 15 is 0 Å². The van der Waals surface area contributed by atoms with Gasteiger partial charge in [-0.2, -0.15) is 0 Å². The molecule has 0 saturated heterocycles. The van der Waals surface area contributed by atoms with Crippen LogP contribution in [0.3, 0.4) is 0 Å². The second-order valence-electron chi connectivity index (χ2n) is 3.29. The van der Waals surface area contributed by atoms with Gasteiger partial charge in [0.2, 0.25) is 0 Å². The summed E-state index contributed by atoms with van der Waals surface area (Å²) in [4.78, 5) is 0. The molecule has 0 bridgehead atoms. The zero-order chi connectivity index (χ0) is 11.7. The highest BCUT2D eigenvalue weighted by atomic mass is 79.9. The summed E-state index contributed by atoms with van der Waals surface area (Å²) in [5, 5.41) is 2.19. The van der Waals surface area contributed by atoms with Crippen LogP contribution in [0.5, 0.6) is 11.5 Å². The summed E-state index contributed by atoms with van der Waals surface area (Å²) >= 11 is 7.00. The summed E-state index contributed by atoms with van der Waals surface area (Å²) in [5.74, 6) is 1.62. The van der Waals surface area contributed by atoms with Crippen LogP contribution in [0.15, 0.2) is 33.2 Å². The molecule has 2 nitrogen and oxygen atoms in total. The van der Waals surface area contributed by atoms with E-state index in [2.05, 4.69) is 31.9 Å². The molecular weight excluding hydrogens is 336 g/mol. The van der Waals surface area contributed by atoms with Crippen LogP contribution >= 0.6 is 31.9 Å². The molecule has 2 aromatic carbocycles. The van der Waals surface area contributed by atoms with Gasteiger partial charge in [-0.05, 0) is 55.4 Å². The van der Waals surface area contributed by atoms with Crippen molar-refractivity contribution in [2.45, 2.75) is 0 Å². The Morgan fingerprint density at radius 1 is 0.938 bits per heavy atom. The number of methoxy groups -OCH3 is 2. The predicted octanol–water partition coefficient (Wildman–Crippen LogP) is 4.38. The van der Waals surface area contributed by atoms with Crippen molar-refractivity contribution in [3.63, 3.8) is 0 Å². The van der Waals surface area contributed by atoms with E-state index < -0.39 is 0 Å². The molecular formula is C12H10Br2O2. The number of hydrogen-bond acceptors (Lipinski definition) is 2. The van der Waals surface area contributed by atoms with Crippen molar-refractivity contribution in [3.8, 4) is 11.5 Å². The normalized spacial score (nSPS) is 10.5. The van der Waals surface area contributed by atoms with Gasteiger partial charge in [-0.25, -0.2) is 0 Å². The molecule has 0 amide bonds. The molecule has 0 aromatic heterocycles. The van der Waals surface area contributed by atoms with Gasteiger partial charge in [0, 0.05) is 5.39 Å². The average molecular weight is 346 g/mol. The fraction of sp³-hybridized carbons (Fsp3) is 0.167. The van der Waals surface area contributed by atoms with Crippen molar-refractivity contribution >= 4 is 42.6 Å². The summed E-state index contributed by atoms with van der Waals surface area (Å²) in [6, 6.07) is 7.96. The van der Waals surface area contributed by atoms with E-state index in [9.17, 15) is 0 Å². The van der Waals surface area contributed by atoms with Gasteiger partial charge in [0.05, 0.1) is 23.2 Å². The topological polar surface area (TPSA) is 18.5 Å². The molecule has 0 saturated carbocycles. The van der Waals surface area contributed by atoms with Gasteiger partial charge in [-0.15, -0.1) is 0 Å². The Kier molecular flexibility index (Phi) is 3.40. The Labute approximate surface area is 111 Å². The second-order valence-corrected chi connectivity index (χ2v) is 4.94.